The maximum atomic E-state index is 9.99. The van der Waals surface area contributed by atoms with Gasteiger partial charge in [0.15, 0.2) is 0 Å². The predicted octanol–water partition coefficient (Wildman–Crippen LogP) is -0.900. The largest absolute Gasteiger partial charge is 0.395 e. The van der Waals surface area contributed by atoms with E-state index in [9.17, 15) is 4.79 Å². The number of nitrogens with one attached hydrogen (secondary N) is 1. The van der Waals surface area contributed by atoms with E-state index in [-0.39, 0.29) is 12.6 Å². The SMILES string of the molecule is O=[C]NC1CCN(CCO)CC1. The number of aliphatic hydroxyl groups excluding tert-OH is 1. The molecular weight excluding hydrogens is 156 g/mol. The summed E-state index contributed by atoms with van der Waals surface area (Å²) in [6.45, 7) is 2.88. The highest BCUT2D eigenvalue weighted by Gasteiger charge is 2.17. The summed E-state index contributed by atoms with van der Waals surface area (Å²) in [5.74, 6) is 0. The predicted molar refractivity (Wildman–Crippen MR) is 45.4 cm³/mol. The Bertz CT molecular complexity index is 133. The van der Waals surface area contributed by atoms with Gasteiger partial charge in [-0.2, -0.15) is 0 Å². The Hall–Kier alpha value is -0.610. The second-order valence-corrected chi connectivity index (χ2v) is 3.09. The van der Waals surface area contributed by atoms with Crippen molar-refractivity contribution in [3.05, 3.63) is 0 Å². The summed E-state index contributed by atoms with van der Waals surface area (Å²) in [7, 11) is 0. The van der Waals surface area contributed by atoms with E-state index in [4.69, 9.17) is 5.11 Å². The molecule has 0 aromatic carbocycles. The molecule has 1 fully saturated rings. The molecule has 12 heavy (non-hydrogen) atoms. The van der Waals surface area contributed by atoms with Crippen LogP contribution in [0.25, 0.3) is 0 Å². The van der Waals surface area contributed by atoms with Crippen LogP contribution in [-0.2, 0) is 4.79 Å². The summed E-state index contributed by atoms with van der Waals surface area (Å²) in [6.07, 6.45) is 3.65. The van der Waals surface area contributed by atoms with Gasteiger partial charge in [0.2, 0.25) is 0 Å². The Kier molecular flexibility index (Phi) is 4.04. The molecule has 1 aliphatic heterocycles. The molecule has 69 valence electrons. The van der Waals surface area contributed by atoms with Crippen molar-refractivity contribution in [3.8, 4) is 0 Å². The number of rotatable bonds is 4. The van der Waals surface area contributed by atoms with E-state index in [2.05, 4.69) is 10.2 Å². The number of amides is 1. The number of aliphatic hydroxyl groups is 1. The Morgan fingerprint density at radius 1 is 1.50 bits per heavy atom. The van der Waals surface area contributed by atoms with Gasteiger partial charge in [0.1, 0.15) is 0 Å². The van der Waals surface area contributed by atoms with Crippen LogP contribution < -0.4 is 5.32 Å². The molecule has 1 radical (unpaired) electrons. The zero-order valence-electron chi connectivity index (χ0n) is 7.12. The molecule has 4 nitrogen and oxygen atoms in total. The van der Waals surface area contributed by atoms with Gasteiger partial charge in [0.05, 0.1) is 6.61 Å². The quantitative estimate of drug-likeness (QED) is 0.539. The van der Waals surface area contributed by atoms with Crippen molar-refractivity contribution in [1.82, 2.24) is 10.2 Å². The molecule has 0 aromatic heterocycles. The summed E-state index contributed by atoms with van der Waals surface area (Å²) >= 11 is 0. The van der Waals surface area contributed by atoms with Crippen molar-refractivity contribution >= 4 is 6.41 Å². The first-order valence-corrected chi connectivity index (χ1v) is 4.32. The van der Waals surface area contributed by atoms with E-state index in [1.807, 2.05) is 0 Å². The summed E-state index contributed by atoms with van der Waals surface area (Å²) in [4.78, 5) is 12.2. The number of nitrogens with zero attached hydrogens (tertiary/aromatic N) is 1. The van der Waals surface area contributed by atoms with Crippen molar-refractivity contribution < 1.29 is 9.90 Å². The van der Waals surface area contributed by atoms with Gasteiger partial charge in [0, 0.05) is 25.7 Å². The van der Waals surface area contributed by atoms with Gasteiger partial charge < -0.3 is 15.3 Å². The van der Waals surface area contributed by atoms with E-state index in [1.54, 1.807) is 6.41 Å². The maximum Gasteiger partial charge on any atom is 0.309 e. The lowest BCUT2D eigenvalue weighted by atomic mass is 10.1. The van der Waals surface area contributed by atoms with Crippen LogP contribution in [0.5, 0.6) is 0 Å². The average Bonchev–Trinajstić information content (AvgIpc) is 2.09. The molecule has 1 heterocycles. The van der Waals surface area contributed by atoms with Gasteiger partial charge in [-0.25, -0.2) is 0 Å². The molecular formula is C8H15N2O2. The van der Waals surface area contributed by atoms with Crippen molar-refractivity contribution in [2.24, 2.45) is 0 Å². The third-order valence-electron chi connectivity index (χ3n) is 2.27. The summed E-state index contributed by atoms with van der Waals surface area (Å²) in [5.41, 5.74) is 0. The minimum atomic E-state index is 0.220. The van der Waals surface area contributed by atoms with E-state index in [0.29, 0.717) is 0 Å². The van der Waals surface area contributed by atoms with Crippen molar-refractivity contribution in [2.45, 2.75) is 18.9 Å². The maximum absolute atomic E-state index is 9.99. The van der Waals surface area contributed by atoms with Gasteiger partial charge in [0.25, 0.3) is 0 Å². The van der Waals surface area contributed by atoms with Crippen molar-refractivity contribution in [2.75, 3.05) is 26.2 Å². The Morgan fingerprint density at radius 2 is 2.17 bits per heavy atom. The highest BCUT2D eigenvalue weighted by Crippen LogP contribution is 2.08. The molecule has 0 aliphatic carbocycles. The fraction of sp³-hybridized carbons (Fsp3) is 0.875. The zero-order valence-corrected chi connectivity index (χ0v) is 7.12. The van der Waals surface area contributed by atoms with Gasteiger partial charge in [-0.15, -0.1) is 0 Å². The molecule has 0 bridgehead atoms. The van der Waals surface area contributed by atoms with Crippen LogP contribution >= 0.6 is 0 Å². The summed E-state index contributed by atoms with van der Waals surface area (Å²) in [6, 6.07) is 0.289. The lowest BCUT2D eigenvalue weighted by Crippen LogP contribution is -2.42. The van der Waals surface area contributed by atoms with Gasteiger partial charge >= 0.3 is 6.41 Å². The monoisotopic (exact) mass is 171 g/mol. The molecule has 0 unspecified atom stereocenters. The van der Waals surface area contributed by atoms with E-state index >= 15 is 0 Å². The standard InChI is InChI=1S/C8H15N2O2/c11-6-5-10-3-1-8(2-4-10)9-7-12/h8,11H,1-6H2,(H,9,12). The van der Waals surface area contributed by atoms with E-state index < -0.39 is 0 Å². The molecule has 1 saturated heterocycles. The molecule has 1 rings (SSSR count). The molecule has 0 spiro atoms. The van der Waals surface area contributed by atoms with E-state index in [0.717, 1.165) is 32.5 Å². The summed E-state index contributed by atoms with van der Waals surface area (Å²) < 4.78 is 0. The fourth-order valence-electron chi connectivity index (χ4n) is 1.53. The average molecular weight is 171 g/mol. The first-order chi connectivity index (χ1) is 5.86. The fourth-order valence-corrected chi connectivity index (χ4v) is 1.53. The number of likely N-dealkylation sites (tertiary alicyclic amines) is 1. The van der Waals surface area contributed by atoms with Crippen molar-refractivity contribution in [1.29, 1.82) is 0 Å². The third kappa shape index (κ3) is 2.79. The molecule has 0 aromatic rings. The molecule has 0 atom stereocenters. The first kappa shape index (κ1) is 9.48. The normalized spacial score (nSPS) is 20.8. The van der Waals surface area contributed by atoms with Crippen LogP contribution in [-0.4, -0.2) is 48.7 Å². The third-order valence-corrected chi connectivity index (χ3v) is 2.27. The van der Waals surface area contributed by atoms with E-state index in [1.165, 1.54) is 0 Å². The second kappa shape index (κ2) is 5.11. The number of β-amino-alcohol motifs (C(OH)–C–C–N with tert-alkyl or cyclic N) is 1. The number of hydrogen-bond acceptors (Lipinski definition) is 3. The van der Waals surface area contributed by atoms with Gasteiger partial charge in [-0.3, -0.25) is 4.79 Å². The van der Waals surface area contributed by atoms with Gasteiger partial charge in [-0.1, -0.05) is 0 Å². The summed E-state index contributed by atoms with van der Waals surface area (Å²) in [5, 5.41) is 11.3. The molecule has 1 aliphatic rings. The Morgan fingerprint density at radius 3 is 2.67 bits per heavy atom. The minimum absolute atomic E-state index is 0.220. The molecule has 1 amide bonds. The number of carbonyl (C=O) groups excluding carboxylic acids is 1. The highest BCUT2D eigenvalue weighted by atomic mass is 16.3. The van der Waals surface area contributed by atoms with Crippen LogP contribution in [0, 0.1) is 0 Å². The minimum Gasteiger partial charge on any atom is -0.395 e. The van der Waals surface area contributed by atoms with Crippen LogP contribution in [0.3, 0.4) is 0 Å². The van der Waals surface area contributed by atoms with Crippen molar-refractivity contribution in [3.63, 3.8) is 0 Å². The molecule has 0 saturated carbocycles. The highest BCUT2D eigenvalue weighted by molar-refractivity contribution is 5.47. The molecule has 4 heteroatoms. The van der Waals surface area contributed by atoms with Crippen LogP contribution in [0.1, 0.15) is 12.8 Å². The number of piperidine rings is 1. The molecule has 2 N–H and O–H groups in total. The van der Waals surface area contributed by atoms with Gasteiger partial charge in [-0.05, 0) is 12.8 Å². The zero-order chi connectivity index (χ0) is 8.81. The van der Waals surface area contributed by atoms with Crippen LogP contribution in [0.15, 0.2) is 0 Å². The number of hydrogen-bond donors (Lipinski definition) is 2. The Balaban J connectivity index is 2.15. The topological polar surface area (TPSA) is 52.6 Å². The first-order valence-electron chi connectivity index (χ1n) is 4.32. The smallest absolute Gasteiger partial charge is 0.309 e. The lowest BCUT2D eigenvalue weighted by Gasteiger charge is -2.30. The second-order valence-electron chi connectivity index (χ2n) is 3.09. The lowest BCUT2D eigenvalue weighted by molar-refractivity contribution is 0.161. The van der Waals surface area contributed by atoms with Crippen LogP contribution in [0.2, 0.25) is 0 Å². The Labute approximate surface area is 72.6 Å². The van der Waals surface area contributed by atoms with Crippen LogP contribution in [0.4, 0.5) is 0 Å².